The van der Waals surface area contributed by atoms with Crippen molar-refractivity contribution in [3.63, 3.8) is 0 Å². The van der Waals surface area contributed by atoms with Crippen LogP contribution in [0.4, 0.5) is 11.4 Å². The molecule has 1 aromatic carbocycles. The van der Waals surface area contributed by atoms with Crippen LogP contribution in [0, 0.1) is 0 Å². The first-order valence-electron chi connectivity index (χ1n) is 9.53. The van der Waals surface area contributed by atoms with E-state index in [0.717, 1.165) is 51.4 Å². The number of piperazine rings is 1. The van der Waals surface area contributed by atoms with Gasteiger partial charge in [-0.2, -0.15) is 0 Å². The van der Waals surface area contributed by atoms with E-state index < -0.39 is 0 Å². The molecule has 0 aromatic heterocycles. The highest BCUT2D eigenvalue weighted by atomic mass is 35.5. The average molecular weight is 396 g/mol. The first kappa shape index (κ1) is 21.5. The monoisotopic (exact) mass is 395 g/mol. The Morgan fingerprint density at radius 3 is 2.41 bits per heavy atom. The molecule has 150 valence electrons. The number of unbranched alkanes of at least 4 members (excludes halogenated alkanes) is 1. The Hall–Kier alpha value is -1.83. The van der Waals surface area contributed by atoms with Gasteiger partial charge < -0.3 is 16.0 Å². The molecule has 2 amide bonds. The highest BCUT2D eigenvalue weighted by Gasteiger charge is 2.26. The van der Waals surface area contributed by atoms with Crippen LogP contribution >= 0.6 is 12.4 Å². The van der Waals surface area contributed by atoms with E-state index in [9.17, 15) is 9.59 Å². The second-order valence-electron chi connectivity index (χ2n) is 7.02. The van der Waals surface area contributed by atoms with Crippen LogP contribution in [0.5, 0.6) is 0 Å². The topological polar surface area (TPSA) is 90.7 Å². The molecule has 0 saturated carbocycles. The van der Waals surface area contributed by atoms with Crippen molar-refractivity contribution in [2.75, 3.05) is 49.5 Å². The summed E-state index contributed by atoms with van der Waals surface area (Å²) in [6.07, 6.45) is 3.20. The summed E-state index contributed by atoms with van der Waals surface area (Å²) >= 11 is 0. The number of carbonyl (C=O) groups is 2. The Balaban J connectivity index is 0.00000261. The first-order valence-corrected chi connectivity index (χ1v) is 9.53. The van der Waals surface area contributed by atoms with Gasteiger partial charge in [-0.05, 0) is 56.6 Å². The zero-order valence-corrected chi connectivity index (χ0v) is 16.5. The molecule has 0 bridgehead atoms. The summed E-state index contributed by atoms with van der Waals surface area (Å²) in [5.74, 6) is -0.429. The molecule has 2 heterocycles. The standard InChI is InChI=1S/C19H29N5O2.ClH/c20-9-1-2-10-23-11-13-24(14-12-23)16-5-3-15(4-6-16)21-17-7-8-18(25)22-19(17)26;/h3-6,17,21H,1-2,7-14,20H2,(H,22,25,26);1H. The van der Waals surface area contributed by atoms with Gasteiger partial charge in [-0.3, -0.25) is 19.8 Å². The Morgan fingerprint density at radius 2 is 1.78 bits per heavy atom. The highest BCUT2D eigenvalue weighted by molar-refractivity contribution is 6.01. The molecule has 2 aliphatic heterocycles. The van der Waals surface area contributed by atoms with Crippen LogP contribution < -0.4 is 21.3 Å². The number of benzene rings is 1. The fourth-order valence-corrected chi connectivity index (χ4v) is 3.51. The number of carbonyl (C=O) groups excluding carboxylic acids is 2. The van der Waals surface area contributed by atoms with Crippen LogP contribution in [0.15, 0.2) is 24.3 Å². The predicted octanol–water partition coefficient (Wildman–Crippen LogP) is 1.19. The zero-order chi connectivity index (χ0) is 18.4. The molecule has 1 atom stereocenters. The quantitative estimate of drug-likeness (QED) is 0.474. The summed E-state index contributed by atoms with van der Waals surface area (Å²) < 4.78 is 0. The number of nitrogens with two attached hydrogens (primary N) is 1. The molecule has 2 saturated heterocycles. The highest BCUT2D eigenvalue weighted by Crippen LogP contribution is 2.21. The molecular formula is C19H30ClN5O2. The molecule has 27 heavy (non-hydrogen) atoms. The summed E-state index contributed by atoms with van der Waals surface area (Å²) in [6.45, 7) is 6.14. The van der Waals surface area contributed by atoms with E-state index >= 15 is 0 Å². The number of rotatable bonds is 7. The van der Waals surface area contributed by atoms with E-state index in [-0.39, 0.29) is 30.3 Å². The second-order valence-corrected chi connectivity index (χ2v) is 7.02. The van der Waals surface area contributed by atoms with Gasteiger partial charge in [0, 0.05) is 44.0 Å². The molecule has 2 aliphatic rings. The fourth-order valence-electron chi connectivity index (χ4n) is 3.51. The maximum absolute atomic E-state index is 11.8. The summed E-state index contributed by atoms with van der Waals surface area (Å²) in [6, 6.07) is 7.87. The van der Waals surface area contributed by atoms with Crippen LogP contribution in [0.25, 0.3) is 0 Å². The summed E-state index contributed by atoms with van der Waals surface area (Å²) in [5, 5.41) is 5.59. The lowest BCUT2D eigenvalue weighted by Crippen LogP contribution is -2.47. The van der Waals surface area contributed by atoms with Crippen LogP contribution in [0.2, 0.25) is 0 Å². The average Bonchev–Trinajstić information content (AvgIpc) is 2.65. The molecule has 1 unspecified atom stereocenters. The Morgan fingerprint density at radius 1 is 1.07 bits per heavy atom. The lowest BCUT2D eigenvalue weighted by Gasteiger charge is -2.36. The molecule has 1 aromatic rings. The molecule has 0 aliphatic carbocycles. The Bertz CT molecular complexity index is 617. The van der Waals surface area contributed by atoms with Crippen LogP contribution in [-0.2, 0) is 9.59 Å². The number of nitrogens with one attached hydrogen (secondary N) is 2. The maximum atomic E-state index is 11.8. The lowest BCUT2D eigenvalue weighted by atomic mass is 10.1. The van der Waals surface area contributed by atoms with Gasteiger partial charge in [0.25, 0.3) is 0 Å². The molecule has 3 rings (SSSR count). The number of amides is 2. The molecule has 8 heteroatoms. The number of anilines is 2. The summed E-state index contributed by atoms with van der Waals surface area (Å²) in [5.41, 5.74) is 7.67. The Kier molecular flexibility index (Phi) is 8.34. The normalized spacial score (nSPS) is 20.8. The fraction of sp³-hybridized carbons (Fsp3) is 0.579. The van der Waals surface area contributed by atoms with Gasteiger partial charge in [0.2, 0.25) is 11.8 Å². The van der Waals surface area contributed by atoms with Crippen LogP contribution in [0.1, 0.15) is 25.7 Å². The number of imide groups is 1. The van der Waals surface area contributed by atoms with Crippen molar-refractivity contribution in [1.82, 2.24) is 10.2 Å². The Labute approximate surface area is 167 Å². The van der Waals surface area contributed by atoms with Crippen molar-refractivity contribution in [2.45, 2.75) is 31.7 Å². The third kappa shape index (κ3) is 6.09. The SMILES string of the molecule is Cl.NCCCCN1CCN(c2ccc(NC3CCC(=O)NC3=O)cc2)CC1. The van der Waals surface area contributed by atoms with Gasteiger partial charge in [0.15, 0.2) is 0 Å². The van der Waals surface area contributed by atoms with E-state index in [1.54, 1.807) is 0 Å². The van der Waals surface area contributed by atoms with E-state index in [0.29, 0.717) is 12.8 Å². The first-order chi connectivity index (χ1) is 12.7. The third-order valence-electron chi connectivity index (χ3n) is 5.11. The number of hydrogen-bond acceptors (Lipinski definition) is 6. The van der Waals surface area contributed by atoms with Gasteiger partial charge >= 0.3 is 0 Å². The van der Waals surface area contributed by atoms with Gasteiger partial charge in [-0.25, -0.2) is 0 Å². The predicted molar refractivity (Wildman–Crippen MR) is 110 cm³/mol. The van der Waals surface area contributed by atoms with E-state index in [1.807, 2.05) is 12.1 Å². The largest absolute Gasteiger partial charge is 0.374 e. The smallest absolute Gasteiger partial charge is 0.249 e. The molecule has 7 nitrogen and oxygen atoms in total. The molecule has 0 radical (unpaired) electrons. The van der Waals surface area contributed by atoms with E-state index in [2.05, 4.69) is 32.6 Å². The minimum absolute atomic E-state index is 0. The van der Waals surface area contributed by atoms with Crippen molar-refractivity contribution in [1.29, 1.82) is 0 Å². The molecule has 0 spiro atoms. The zero-order valence-electron chi connectivity index (χ0n) is 15.7. The molecule has 4 N–H and O–H groups in total. The molecular weight excluding hydrogens is 366 g/mol. The van der Waals surface area contributed by atoms with Gasteiger partial charge in [-0.1, -0.05) is 0 Å². The van der Waals surface area contributed by atoms with E-state index in [4.69, 9.17) is 5.73 Å². The van der Waals surface area contributed by atoms with Crippen molar-refractivity contribution < 1.29 is 9.59 Å². The van der Waals surface area contributed by atoms with Crippen LogP contribution in [-0.4, -0.2) is 62.0 Å². The van der Waals surface area contributed by atoms with Crippen molar-refractivity contribution in [3.05, 3.63) is 24.3 Å². The van der Waals surface area contributed by atoms with E-state index in [1.165, 1.54) is 12.1 Å². The minimum Gasteiger partial charge on any atom is -0.374 e. The molecule has 2 fully saturated rings. The lowest BCUT2D eigenvalue weighted by molar-refractivity contribution is -0.133. The van der Waals surface area contributed by atoms with Crippen molar-refractivity contribution >= 4 is 35.6 Å². The third-order valence-corrected chi connectivity index (χ3v) is 5.11. The maximum Gasteiger partial charge on any atom is 0.249 e. The summed E-state index contributed by atoms with van der Waals surface area (Å²) in [7, 11) is 0. The van der Waals surface area contributed by atoms with Gasteiger partial charge in [0.05, 0.1) is 0 Å². The number of halogens is 1. The van der Waals surface area contributed by atoms with Gasteiger partial charge in [-0.15, -0.1) is 12.4 Å². The van der Waals surface area contributed by atoms with Gasteiger partial charge in [0.1, 0.15) is 6.04 Å². The van der Waals surface area contributed by atoms with Crippen molar-refractivity contribution in [2.24, 2.45) is 5.73 Å². The second kappa shape index (κ2) is 10.5. The van der Waals surface area contributed by atoms with Crippen molar-refractivity contribution in [3.8, 4) is 0 Å². The summed E-state index contributed by atoms with van der Waals surface area (Å²) in [4.78, 5) is 28.0. The number of piperidine rings is 1. The number of hydrogen-bond donors (Lipinski definition) is 3. The minimum atomic E-state index is -0.337. The number of nitrogens with zero attached hydrogens (tertiary/aromatic N) is 2. The van der Waals surface area contributed by atoms with Crippen LogP contribution in [0.3, 0.4) is 0 Å².